The van der Waals surface area contributed by atoms with Gasteiger partial charge in [-0.1, -0.05) is 91.1 Å². The molecule has 0 unspecified atom stereocenters. The molecule has 3 aromatic carbocycles. The maximum Gasteiger partial charge on any atom is 0.307 e. The van der Waals surface area contributed by atoms with E-state index >= 15 is 0 Å². The summed E-state index contributed by atoms with van der Waals surface area (Å²) in [5.41, 5.74) is 6.04. The minimum atomic E-state index is -0.853. The van der Waals surface area contributed by atoms with E-state index in [9.17, 15) is 4.79 Å². The van der Waals surface area contributed by atoms with Gasteiger partial charge in [0.2, 0.25) is 0 Å². The molecular weight excluding hydrogens is 426 g/mol. The Morgan fingerprint density at radius 2 is 1.68 bits per heavy atom. The second-order valence-corrected chi connectivity index (χ2v) is 8.77. The topological polar surface area (TPSA) is 68.1 Å². The fourth-order valence-corrected chi connectivity index (χ4v) is 4.15. The highest BCUT2D eigenvalue weighted by molar-refractivity contribution is 6.00. The lowest BCUT2D eigenvalue weighted by molar-refractivity contribution is -0.136. The molecule has 0 radical (unpaired) electrons. The Bertz CT molecular complexity index is 1120. The third kappa shape index (κ3) is 6.25. The molecule has 4 rings (SSSR count). The average molecular weight is 458 g/mol. The summed E-state index contributed by atoms with van der Waals surface area (Å²) >= 11 is 0. The summed E-state index contributed by atoms with van der Waals surface area (Å²) < 4.78 is 5.84. The van der Waals surface area contributed by atoms with Gasteiger partial charge in [-0.3, -0.25) is 4.79 Å². The maximum atomic E-state index is 11.0. The van der Waals surface area contributed by atoms with E-state index in [4.69, 9.17) is 14.7 Å². The molecule has 0 bridgehead atoms. The minimum Gasteiger partial charge on any atom is -0.490 e. The van der Waals surface area contributed by atoms with Crippen LogP contribution < -0.4 is 4.74 Å². The second kappa shape index (κ2) is 11.5. The first kappa shape index (κ1) is 23.6. The molecule has 1 N–H and O–H groups in total. The van der Waals surface area contributed by atoms with Crippen molar-refractivity contribution in [3.8, 4) is 16.9 Å². The van der Waals surface area contributed by atoms with Crippen molar-refractivity contribution < 1.29 is 19.5 Å². The van der Waals surface area contributed by atoms with Gasteiger partial charge in [-0.05, 0) is 53.1 Å². The van der Waals surface area contributed by atoms with Crippen LogP contribution in [0.25, 0.3) is 11.1 Å². The number of ether oxygens (including phenoxy) is 1. The van der Waals surface area contributed by atoms with Crippen LogP contribution in [0.1, 0.15) is 42.4 Å². The number of benzene rings is 3. The lowest BCUT2D eigenvalue weighted by atomic mass is 9.80. The first-order chi connectivity index (χ1) is 16.6. The van der Waals surface area contributed by atoms with Crippen molar-refractivity contribution in [2.24, 2.45) is 11.1 Å². The molecule has 0 aromatic heterocycles. The van der Waals surface area contributed by atoms with Gasteiger partial charge in [0.25, 0.3) is 0 Å². The zero-order valence-corrected chi connectivity index (χ0v) is 19.6. The molecule has 176 valence electrons. The average Bonchev–Trinajstić information content (AvgIpc) is 2.82. The monoisotopic (exact) mass is 457 g/mol. The highest BCUT2D eigenvalue weighted by atomic mass is 16.6. The molecule has 1 fully saturated rings. The van der Waals surface area contributed by atoms with Crippen LogP contribution in [0.3, 0.4) is 0 Å². The summed E-state index contributed by atoms with van der Waals surface area (Å²) in [5, 5.41) is 13.5. The Labute approximate surface area is 201 Å². The fraction of sp³-hybridized carbons (Fsp3) is 0.310. The van der Waals surface area contributed by atoms with Crippen LogP contribution in [-0.2, 0) is 16.1 Å². The van der Waals surface area contributed by atoms with E-state index < -0.39 is 5.97 Å². The summed E-state index contributed by atoms with van der Waals surface area (Å²) in [6.07, 6.45) is 4.69. The SMILES string of the molecule is Cc1c(CC(=O)O)cccc1OCCO/N=C(\CC1CCC1)c1ccc(-c2ccccc2)cc1. The highest BCUT2D eigenvalue weighted by Gasteiger charge is 2.21. The van der Waals surface area contributed by atoms with Gasteiger partial charge in [-0.15, -0.1) is 0 Å². The number of carboxylic acids is 1. The lowest BCUT2D eigenvalue weighted by Gasteiger charge is -2.25. The van der Waals surface area contributed by atoms with Crippen LogP contribution in [0.5, 0.6) is 5.75 Å². The third-order valence-corrected chi connectivity index (χ3v) is 6.38. The molecule has 0 amide bonds. The van der Waals surface area contributed by atoms with Crippen LogP contribution in [0.15, 0.2) is 78.0 Å². The van der Waals surface area contributed by atoms with Gasteiger partial charge in [0.1, 0.15) is 12.4 Å². The third-order valence-electron chi connectivity index (χ3n) is 6.38. The Hall–Kier alpha value is -3.60. The van der Waals surface area contributed by atoms with E-state index in [1.54, 1.807) is 0 Å². The van der Waals surface area contributed by atoms with Crippen LogP contribution in [0.4, 0.5) is 0 Å². The second-order valence-electron chi connectivity index (χ2n) is 8.77. The predicted molar refractivity (Wildman–Crippen MR) is 134 cm³/mol. The molecule has 1 aliphatic carbocycles. The maximum absolute atomic E-state index is 11.0. The smallest absolute Gasteiger partial charge is 0.307 e. The lowest BCUT2D eigenvalue weighted by Crippen LogP contribution is -2.17. The number of nitrogens with zero attached hydrogens (tertiary/aromatic N) is 1. The molecule has 34 heavy (non-hydrogen) atoms. The van der Waals surface area contributed by atoms with E-state index in [1.165, 1.54) is 30.4 Å². The van der Waals surface area contributed by atoms with Crippen LogP contribution >= 0.6 is 0 Å². The van der Waals surface area contributed by atoms with Gasteiger partial charge in [0, 0.05) is 0 Å². The zero-order valence-electron chi connectivity index (χ0n) is 19.6. The highest BCUT2D eigenvalue weighted by Crippen LogP contribution is 2.31. The van der Waals surface area contributed by atoms with E-state index in [0.29, 0.717) is 24.9 Å². The molecule has 0 aliphatic heterocycles. The molecule has 0 atom stereocenters. The fourth-order valence-electron chi connectivity index (χ4n) is 4.15. The van der Waals surface area contributed by atoms with Gasteiger partial charge in [-0.2, -0.15) is 0 Å². The van der Waals surface area contributed by atoms with Crippen molar-refractivity contribution in [2.45, 2.75) is 39.0 Å². The predicted octanol–water partition coefficient (Wildman–Crippen LogP) is 6.28. The van der Waals surface area contributed by atoms with E-state index in [2.05, 4.69) is 41.6 Å². The van der Waals surface area contributed by atoms with Crippen molar-refractivity contribution in [3.05, 3.63) is 89.5 Å². The summed E-state index contributed by atoms with van der Waals surface area (Å²) in [7, 11) is 0. The normalized spacial score (nSPS) is 13.9. The van der Waals surface area contributed by atoms with Gasteiger partial charge in [0.05, 0.1) is 12.1 Å². The summed E-state index contributed by atoms with van der Waals surface area (Å²) in [6, 6.07) is 24.3. The van der Waals surface area contributed by atoms with E-state index in [0.717, 1.165) is 28.8 Å². The number of carboxylic acid groups (broad SMARTS) is 1. The number of rotatable bonds is 11. The van der Waals surface area contributed by atoms with Crippen LogP contribution in [-0.4, -0.2) is 30.0 Å². The quantitative estimate of drug-likeness (QED) is 0.209. The van der Waals surface area contributed by atoms with Gasteiger partial charge in [-0.25, -0.2) is 0 Å². The van der Waals surface area contributed by atoms with Crippen molar-refractivity contribution in [1.29, 1.82) is 0 Å². The molecule has 5 nitrogen and oxygen atoms in total. The number of hydrogen-bond acceptors (Lipinski definition) is 4. The molecule has 1 saturated carbocycles. The summed E-state index contributed by atoms with van der Waals surface area (Å²) in [5.74, 6) is 0.498. The van der Waals surface area contributed by atoms with E-state index in [-0.39, 0.29) is 6.42 Å². The molecular formula is C29H31NO4. The Balaban J connectivity index is 1.37. The number of carbonyl (C=O) groups is 1. The molecule has 0 saturated heterocycles. The van der Waals surface area contributed by atoms with Gasteiger partial charge in [0.15, 0.2) is 6.61 Å². The number of oxime groups is 1. The number of hydrogen-bond donors (Lipinski definition) is 1. The molecule has 0 heterocycles. The largest absolute Gasteiger partial charge is 0.490 e. The molecule has 5 heteroatoms. The van der Waals surface area contributed by atoms with Gasteiger partial charge < -0.3 is 14.7 Å². The Kier molecular flexibility index (Phi) is 7.97. The van der Waals surface area contributed by atoms with Gasteiger partial charge >= 0.3 is 5.97 Å². The van der Waals surface area contributed by atoms with Crippen LogP contribution in [0, 0.1) is 12.8 Å². The Morgan fingerprint density at radius 1 is 0.941 bits per heavy atom. The summed E-state index contributed by atoms with van der Waals surface area (Å²) in [4.78, 5) is 16.7. The first-order valence-electron chi connectivity index (χ1n) is 11.9. The van der Waals surface area contributed by atoms with Crippen molar-refractivity contribution in [3.63, 3.8) is 0 Å². The van der Waals surface area contributed by atoms with Crippen molar-refractivity contribution in [1.82, 2.24) is 0 Å². The standard InChI is InChI=1S/C29H31NO4/c1-21-26(20-29(31)32)11-6-12-28(21)33-17-18-34-30-27(19-22-7-5-8-22)25-15-13-24(14-16-25)23-9-3-2-4-10-23/h2-4,6,9-16,22H,5,7-8,17-20H2,1H3,(H,31,32)/b30-27+. The molecule has 1 aliphatic rings. The Morgan fingerprint density at radius 3 is 2.35 bits per heavy atom. The molecule has 3 aromatic rings. The van der Waals surface area contributed by atoms with Crippen molar-refractivity contribution >= 4 is 11.7 Å². The van der Waals surface area contributed by atoms with Crippen LogP contribution in [0.2, 0.25) is 0 Å². The molecule has 0 spiro atoms. The zero-order chi connectivity index (χ0) is 23.8. The van der Waals surface area contributed by atoms with E-state index in [1.807, 2.05) is 43.3 Å². The number of aliphatic carboxylic acids is 1. The summed E-state index contributed by atoms with van der Waals surface area (Å²) in [6.45, 7) is 2.53. The minimum absolute atomic E-state index is 0.0165. The first-order valence-corrected chi connectivity index (χ1v) is 11.9. The van der Waals surface area contributed by atoms with Crippen molar-refractivity contribution in [2.75, 3.05) is 13.2 Å².